The van der Waals surface area contributed by atoms with E-state index in [4.69, 9.17) is 10.00 Å². The topological polar surface area (TPSA) is 112 Å². The van der Waals surface area contributed by atoms with Crippen LogP contribution < -0.4 is 10.0 Å². The number of carbonyl (C=O) groups excluding carboxylic acids is 1. The summed E-state index contributed by atoms with van der Waals surface area (Å²) in [6, 6.07) is 1.59. The van der Waals surface area contributed by atoms with Crippen molar-refractivity contribution in [1.82, 2.24) is 14.9 Å². The van der Waals surface area contributed by atoms with Gasteiger partial charge < -0.3 is 15.0 Å². The van der Waals surface area contributed by atoms with Gasteiger partial charge in [-0.2, -0.15) is 5.26 Å². The molecule has 0 aromatic heterocycles. The van der Waals surface area contributed by atoms with E-state index < -0.39 is 16.1 Å². The molecular weight excluding hydrogens is 308 g/mol. The molecule has 1 saturated heterocycles. The number of nitrogens with zero attached hydrogens (tertiary/aromatic N) is 2. The number of rotatable bonds is 6. The lowest BCUT2D eigenvalue weighted by Crippen LogP contribution is -2.50. The fraction of sp³-hybridized carbons (Fsp3) is 0.846. The molecule has 2 fully saturated rings. The molecule has 1 aliphatic carbocycles. The average molecular weight is 330 g/mol. The number of morpholine rings is 1. The van der Waals surface area contributed by atoms with Crippen LogP contribution in [0.1, 0.15) is 19.3 Å². The summed E-state index contributed by atoms with van der Waals surface area (Å²) in [6.07, 6.45) is 2.71. The Balaban J connectivity index is 1.66. The van der Waals surface area contributed by atoms with Crippen molar-refractivity contribution >= 4 is 16.1 Å². The zero-order valence-electron chi connectivity index (χ0n) is 12.5. The summed E-state index contributed by atoms with van der Waals surface area (Å²) in [6.45, 7) is 1.45. The Labute approximate surface area is 130 Å². The minimum atomic E-state index is -3.35. The molecule has 22 heavy (non-hydrogen) atoms. The Morgan fingerprint density at radius 2 is 2.18 bits per heavy atom. The highest BCUT2D eigenvalue weighted by molar-refractivity contribution is 7.89. The predicted octanol–water partition coefficient (Wildman–Crippen LogP) is -0.360. The highest BCUT2D eigenvalue weighted by Crippen LogP contribution is 2.25. The highest BCUT2D eigenvalue weighted by atomic mass is 32.2. The molecule has 9 heteroatoms. The smallest absolute Gasteiger partial charge is 0.317 e. The number of hydrogen-bond donors (Lipinski definition) is 2. The van der Waals surface area contributed by atoms with Gasteiger partial charge in [0.15, 0.2) is 6.10 Å². The van der Waals surface area contributed by atoms with E-state index in [0.29, 0.717) is 25.6 Å². The van der Waals surface area contributed by atoms with Crippen LogP contribution in [0.25, 0.3) is 0 Å². The molecule has 0 bridgehead atoms. The number of amides is 2. The summed E-state index contributed by atoms with van der Waals surface area (Å²) >= 11 is 0. The van der Waals surface area contributed by atoms with E-state index >= 15 is 0 Å². The van der Waals surface area contributed by atoms with Crippen LogP contribution in [0.5, 0.6) is 0 Å². The minimum Gasteiger partial charge on any atom is -0.360 e. The first-order valence-corrected chi connectivity index (χ1v) is 9.17. The van der Waals surface area contributed by atoms with Crippen LogP contribution in [0.3, 0.4) is 0 Å². The normalized spacial score (nSPS) is 22.7. The Hall–Kier alpha value is -1.37. The molecule has 1 saturated carbocycles. The zero-order chi connectivity index (χ0) is 16.0. The van der Waals surface area contributed by atoms with Gasteiger partial charge in [0.2, 0.25) is 10.0 Å². The van der Waals surface area contributed by atoms with Gasteiger partial charge in [-0.25, -0.2) is 17.9 Å². The summed E-state index contributed by atoms with van der Waals surface area (Å²) in [5.74, 6) is 0.318. The van der Waals surface area contributed by atoms with Crippen LogP contribution in [-0.2, 0) is 14.8 Å². The molecule has 2 amide bonds. The van der Waals surface area contributed by atoms with Gasteiger partial charge in [0.1, 0.15) is 0 Å². The first kappa shape index (κ1) is 17.0. The molecule has 0 aromatic rings. The molecule has 8 nitrogen and oxygen atoms in total. The largest absolute Gasteiger partial charge is 0.360 e. The van der Waals surface area contributed by atoms with Crippen LogP contribution >= 0.6 is 0 Å². The van der Waals surface area contributed by atoms with Crippen LogP contribution in [-0.4, -0.2) is 64.0 Å². The van der Waals surface area contributed by atoms with Crippen molar-refractivity contribution in [2.75, 3.05) is 38.5 Å². The van der Waals surface area contributed by atoms with Crippen molar-refractivity contribution in [3.05, 3.63) is 0 Å². The monoisotopic (exact) mass is 330 g/mol. The van der Waals surface area contributed by atoms with Gasteiger partial charge in [-0.1, -0.05) is 6.42 Å². The zero-order valence-corrected chi connectivity index (χ0v) is 13.3. The first-order chi connectivity index (χ1) is 10.5. The lowest BCUT2D eigenvalue weighted by atomic mass is 9.86. The molecule has 2 rings (SSSR count). The van der Waals surface area contributed by atoms with E-state index in [2.05, 4.69) is 10.0 Å². The summed E-state index contributed by atoms with van der Waals surface area (Å²) in [4.78, 5) is 13.4. The highest BCUT2D eigenvalue weighted by Gasteiger charge is 2.24. The van der Waals surface area contributed by atoms with Crippen LogP contribution in [0.15, 0.2) is 0 Å². The van der Waals surface area contributed by atoms with E-state index in [1.165, 1.54) is 11.3 Å². The Bertz CT molecular complexity index is 527. The van der Waals surface area contributed by atoms with Gasteiger partial charge in [0, 0.05) is 19.6 Å². The quantitative estimate of drug-likeness (QED) is 0.691. The van der Waals surface area contributed by atoms with E-state index in [9.17, 15) is 13.2 Å². The summed E-state index contributed by atoms with van der Waals surface area (Å²) in [5.41, 5.74) is 0. The first-order valence-electron chi connectivity index (χ1n) is 7.51. The van der Waals surface area contributed by atoms with Crippen LogP contribution in [0.4, 0.5) is 4.79 Å². The van der Waals surface area contributed by atoms with Crippen LogP contribution in [0.2, 0.25) is 0 Å². The lowest BCUT2D eigenvalue weighted by molar-refractivity contribution is 0.0158. The van der Waals surface area contributed by atoms with Gasteiger partial charge in [0.05, 0.1) is 25.0 Å². The Morgan fingerprint density at radius 1 is 1.41 bits per heavy atom. The third-order valence-corrected chi connectivity index (χ3v) is 5.31. The van der Waals surface area contributed by atoms with Crippen molar-refractivity contribution in [3.8, 4) is 6.07 Å². The number of nitrogens with one attached hydrogen (secondary N) is 2. The predicted molar refractivity (Wildman–Crippen MR) is 79.5 cm³/mol. The van der Waals surface area contributed by atoms with Gasteiger partial charge in [-0.05, 0) is 18.8 Å². The maximum absolute atomic E-state index is 11.9. The third-order valence-electron chi connectivity index (χ3n) is 3.96. The van der Waals surface area contributed by atoms with E-state index in [-0.39, 0.29) is 24.9 Å². The number of carbonyl (C=O) groups is 1. The number of hydrogen-bond acceptors (Lipinski definition) is 5. The molecule has 0 radical (unpaired) electrons. The van der Waals surface area contributed by atoms with E-state index in [1.54, 1.807) is 0 Å². The second-order valence-electron chi connectivity index (χ2n) is 5.63. The number of nitriles is 1. The van der Waals surface area contributed by atoms with Crippen molar-refractivity contribution in [2.24, 2.45) is 5.92 Å². The third kappa shape index (κ3) is 5.12. The minimum absolute atomic E-state index is 0.0490. The summed E-state index contributed by atoms with van der Waals surface area (Å²) in [7, 11) is -3.35. The number of sulfonamides is 1. The maximum Gasteiger partial charge on any atom is 0.317 e. The Morgan fingerprint density at radius 3 is 2.82 bits per heavy atom. The van der Waals surface area contributed by atoms with Crippen molar-refractivity contribution < 1.29 is 17.9 Å². The molecule has 124 valence electrons. The average Bonchev–Trinajstić information content (AvgIpc) is 2.45. The number of urea groups is 1. The fourth-order valence-corrected chi connectivity index (χ4v) is 3.33. The van der Waals surface area contributed by atoms with Gasteiger partial charge in [-0.3, -0.25) is 0 Å². The second kappa shape index (κ2) is 7.76. The molecule has 0 spiro atoms. The van der Waals surface area contributed by atoms with Gasteiger partial charge >= 0.3 is 6.03 Å². The summed E-state index contributed by atoms with van der Waals surface area (Å²) < 4.78 is 31.3. The lowest BCUT2D eigenvalue weighted by Gasteiger charge is -2.29. The standard InChI is InChI=1S/C13H22N4O4S/c14-8-12-10-17(5-6-21-12)13(18)15-4-7-22(19,20)16-9-11-2-1-3-11/h11-12,16H,1-7,9-10H2,(H,15,18)/t12-/m1/s1. The van der Waals surface area contributed by atoms with E-state index in [1.807, 2.05) is 6.07 Å². The maximum atomic E-state index is 11.9. The molecule has 1 heterocycles. The SMILES string of the molecule is N#C[C@@H]1CN(C(=O)NCCS(=O)(=O)NCC2CCC2)CCO1. The fourth-order valence-electron chi connectivity index (χ4n) is 2.33. The molecule has 0 aromatic carbocycles. The van der Waals surface area contributed by atoms with E-state index in [0.717, 1.165) is 12.8 Å². The van der Waals surface area contributed by atoms with Crippen molar-refractivity contribution in [3.63, 3.8) is 0 Å². The molecule has 0 unspecified atom stereocenters. The van der Waals surface area contributed by atoms with Crippen LogP contribution in [0, 0.1) is 17.2 Å². The summed E-state index contributed by atoms with van der Waals surface area (Å²) in [5, 5.41) is 11.4. The molecule has 1 atom stereocenters. The molecule has 1 aliphatic heterocycles. The second-order valence-corrected chi connectivity index (χ2v) is 7.56. The molecular formula is C13H22N4O4S. The Kier molecular flexibility index (Phi) is 5.99. The van der Waals surface area contributed by atoms with Crippen molar-refractivity contribution in [2.45, 2.75) is 25.4 Å². The molecule has 2 aliphatic rings. The van der Waals surface area contributed by atoms with Crippen molar-refractivity contribution in [1.29, 1.82) is 5.26 Å². The number of ether oxygens (including phenoxy) is 1. The van der Waals surface area contributed by atoms with Gasteiger partial charge in [0.25, 0.3) is 0 Å². The molecule has 2 N–H and O–H groups in total. The van der Waals surface area contributed by atoms with Gasteiger partial charge in [-0.15, -0.1) is 0 Å².